The predicted molar refractivity (Wildman–Crippen MR) is 119 cm³/mol. The van der Waals surface area contributed by atoms with Crippen molar-refractivity contribution in [3.8, 4) is 5.75 Å². The minimum absolute atomic E-state index is 0.123. The highest BCUT2D eigenvalue weighted by Crippen LogP contribution is 2.61. The molecule has 3 aliphatic rings. The Hall–Kier alpha value is -2.33. The first-order chi connectivity index (χ1) is 15.0. The standard InChI is InChI=1S/C27H32O4/c1-17(28)31-26-25(29)15-24-23-10-8-19-14-20(30-16-18-6-4-3-5-7-18)9-11-21(19)22(23)12-13-27(24,26)2/h3-7,9,11,14,22-26,29H,8,10,12-13,15-16H2,1-2H3. The zero-order valence-electron chi connectivity index (χ0n) is 18.4. The fourth-order valence-electron chi connectivity index (χ4n) is 6.75. The number of aliphatic hydroxyl groups excluding tert-OH is 1. The summed E-state index contributed by atoms with van der Waals surface area (Å²) in [5.41, 5.74) is 3.91. The number of ether oxygens (including phenoxy) is 2. The zero-order valence-corrected chi connectivity index (χ0v) is 18.4. The lowest BCUT2D eigenvalue weighted by Crippen LogP contribution is -2.46. The SMILES string of the molecule is CC(=O)OC1C(O)CC2C3CCc4cc(OCc5ccccc5)ccc4C3CCC21C. The first-order valence-corrected chi connectivity index (χ1v) is 11.6. The van der Waals surface area contributed by atoms with Gasteiger partial charge < -0.3 is 14.6 Å². The molecule has 1 N–H and O–H groups in total. The second-order valence-corrected chi connectivity index (χ2v) is 9.93. The van der Waals surface area contributed by atoms with Gasteiger partial charge in [-0.15, -0.1) is 0 Å². The van der Waals surface area contributed by atoms with E-state index >= 15 is 0 Å². The zero-order chi connectivity index (χ0) is 21.6. The van der Waals surface area contributed by atoms with Crippen molar-refractivity contribution in [3.63, 3.8) is 0 Å². The Morgan fingerprint density at radius 3 is 2.74 bits per heavy atom. The van der Waals surface area contributed by atoms with Crippen LogP contribution in [-0.4, -0.2) is 23.3 Å². The Balaban J connectivity index is 1.34. The molecular weight excluding hydrogens is 388 g/mol. The molecule has 6 unspecified atom stereocenters. The van der Waals surface area contributed by atoms with Crippen molar-refractivity contribution in [1.82, 2.24) is 0 Å². The van der Waals surface area contributed by atoms with E-state index in [-0.39, 0.29) is 17.5 Å². The minimum Gasteiger partial charge on any atom is -0.489 e. The predicted octanol–water partition coefficient (Wildman–Crippen LogP) is 5.02. The topological polar surface area (TPSA) is 55.8 Å². The van der Waals surface area contributed by atoms with Crippen LogP contribution in [-0.2, 0) is 22.6 Å². The second-order valence-electron chi connectivity index (χ2n) is 9.93. The van der Waals surface area contributed by atoms with Gasteiger partial charge in [-0.05, 0) is 78.7 Å². The third-order valence-corrected chi connectivity index (χ3v) is 8.17. The van der Waals surface area contributed by atoms with Crippen molar-refractivity contribution in [2.24, 2.45) is 17.3 Å². The highest BCUT2D eigenvalue weighted by atomic mass is 16.6. The second kappa shape index (κ2) is 7.98. The maximum absolute atomic E-state index is 11.6. The molecule has 164 valence electrons. The van der Waals surface area contributed by atoms with E-state index in [4.69, 9.17) is 9.47 Å². The van der Waals surface area contributed by atoms with Crippen LogP contribution in [0.15, 0.2) is 48.5 Å². The van der Waals surface area contributed by atoms with E-state index in [1.165, 1.54) is 23.6 Å². The monoisotopic (exact) mass is 420 g/mol. The smallest absolute Gasteiger partial charge is 0.303 e. The lowest BCUT2D eigenvalue weighted by atomic mass is 9.55. The van der Waals surface area contributed by atoms with Crippen LogP contribution in [0.1, 0.15) is 62.1 Å². The Labute approximate surface area is 184 Å². The maximum atomic E-state index is 11.6. The van der Waals surface area contributed by atoms with E-state index in [0.29, 0.717) is 24.4 Å². The van der Waals surface area contributed by atoms with Gasteiger partial charge in [0.1, 0.15) is 18.5 Å². The van der Waals surface area contributed by atoms with Crippen molar-refractivity contribution in [2.45, 2.75) is 70.7 Å². The summed E-state index contributed by atoms with van der Waals surface area (Å²) in [6.45, 7) is 4.26. The van der Waals surface area contributed by atoms with Crippen LogP contribution >= 0.6 is 0 Å². The van der Waals surface area contributed by atoms with Gasteiger partial charge in [-0.25, -0.2) is 0 Å². The molecule has 0 saturated heterocycles. The van der Waals surface area contributed by atoms with Crippen molar-refractivity contribution in [2.75, 3.05) is 0 Å². The number of aliphatic hydroxyl groups is 1. The molecular formula is C27H32O4. The fourth-order valence-corrected chi connectivity index (χ4v) is 6.75. The van der Waals surface area contributed by atoms with Crippen molar-refractivity contribution in [3.05, 3.63) is 65.2 Å². The van der Waals surface area contributed by atoms with Gasteiger partial charge in [-0.1, -0.05) is 43.3 Å². The van der Waals surface area contributed by atoms with E-state index in [2.05, 4.69) is 37.3 Å². The van der Waals surface area contributed by atoms with Crippen LogP contribution in [0.4, 0.5) is 0 Å². The summed E-state index contributed by atoms with van der Waals surface area (Å²) >= 11 is 0. The number of rotatable bonds is 4. The number of aryl methyl sites for hydroxylation is 1. The van der Waals surface area contributed by atoms with E-state index in [0.717, 1.165) is 37.9 Å². The van der Waals surface area contributed by atoms with Gasteiger partial charge in [0.05, 0.1) is 6.10 Å². The molecule has 4 heteroatoms. The molecule has 31 heavy (non-hydrogen) atoms. The van der Waals surface area contributed by atoms with Crippen LogP contribution < -0.4 is 4.74 Å². The molecule has 0 heterocycles. The Bertz CT molecular complexity index is 955. The number of esters is 1. The summed E-state index contributed by atoms with van der Waals surface area (Å²) in [4.78, 5) is 11.6. The normalized spacial score (nSPS) is 33.7. The molecule has 2 saturated carbocycles. The Morgan fingerprint density at radius 2 is 1.97 bits per heavy atom. The summed E-state index contributed by atoms with van der Waals surface area (Å²) < 4.78 is 11.7. The number of fused-ring (bicyclic) bond motifs is 5. The summed E-state index contributed by atoms with van der Waals surface area (Å²) in [6.07, 6.45) is 4.06. The molecule has 0 aromatic heterocycles. The quantitative estimate of drug-likeness (QED) is 0.706. The molecule has 3 aliphatic carbocycles. The number of carbonyl (C=O) groups is 1. The third kappa shape index (κ3) is 3.65. The fraction of sp³-hybridized carbons (Fsp3) is 0.519. The summed E-state index contributed by atoms with van der Waals surface area (Å²) in [5.74, 6) is 2.11. The number of hydrogen-bond donors (Lipinski definition) is 1. The molecule has 0 spiro atoms. The lowest BCUT2D eigenvalue weighted by molar-refractivity contribution is -0.161. The highest BCUT2D eigenvalue weighted by molar-refractivity contribution is 5.66. The maximum Gasteiger partial charge on any atom is 0.303 e. The molecule has 2 fully saturated rings. The van der Waals surface area contributed by atoms with Crippen LogP contribution in [0.3, 0.4) is 0 Å². The van der Waals surface area contributed by atoms with Crippen LogP contribution in [0.2, 0.25) is 0 Å². The number of benzene rings is 2. The van der Waals surface area contributed by atoms with Crippen LogP contribution in [0.5, 0.6) is 5.75 Å². The lowest BCUT2D eigenvalue weighted by Gasteiger charge is -2.50. The van der Waals surface area contributed by atoms with Crippen LogP contribution in [0, 0.1) is 17.3 Å². The van der Waals surface area contributed by atoms with Crippen molar-refractivity contribution in [1.29, 1.82) is 0 Å². The minimum atomic E-state index is -0.548. The first-order valence-electron chi connectivity index (χ1n) is 11.6. The summed E-state index contributed by atoms with van der Waals surface area (Å²) in [6, 6.07) is 16.9. The molecule has 5 rings (SSSR count). The first kappa shape index (κ1) is 20.6. The van der Waals surface area contributed by atoms with Gasteiger partial charge >= 0.3 is 5.97 Å². The largest absolute Gasteiger partial charge is 0.489 e. The molecule has 4 nitrogen and oxygen atoms in total. The van der Waals surface area contributed by atoms with Gasteiger partial charge in [0, 0.05) is 12.3 Å². The Kier molecular flexibility index (Phi) is 5.29. The van der Waals surface area contributed by atoms with Gasteiger partial charge in [-0.2, -0.15) is 0 Å². The van der Waals surface area contributed by atoms with E-state index in [1.807, 2.05) is 18.2 Å². The van der Waals surface area contributed by atoms with Crippen LogP contribution in [0.25, 0.3) is 0 Å². The molecule has 0 radical (unpaired) electrons. The average Bonchev–Trinajstić information content (AvgIpc) is 3.02. The molecule has 0 bridgehead atoms. The molecule has 0 amide bonds. The van der Waals surface area contributed by atoms with Gasteiger partial charge in [0.15, 0.2) is 0 Å². The molecule has 6 atom stereocenters. The highest BCUT2D eigenvalue weighted by Gasteiger charge is 2.59. The van der Waals surface area contributed by atoms with Gasteiger partial charge in [-0.3, -0.25) is 4.79 Å². The van der Waals surface area contributed by atoms with Crippen molar-refractivity contribution < 1.29 is 19.4 Å². The van der Waals surface area contributed by atoms with Crippen molar-refractivity contribution >= 4 is 5.97 Å². The van der Waals surface area contributed by atoms with Gasteiger partial charge in [0.25, 0.3) is 0 Å². The molecule has 2 aromatic carbocycles. The molecule has 2 aromatic rings. The summed E-state index contributed by atoms with van der Waals surface area (Å²) in [5, 5.41) is 10.7. The Morgan fingerprint density at radius 1 is 1.16 bits per heavy atom. The average molecular weight is 421 g/mol. The van der Waals surface area contributed by atoms with E-state index in [9.17, 15) is 9.90 Å². The van der Waals surface area contributed by atoms with E-state index in [1.54, 1.807) is 0 Å². The third-order valence-electron chi connectivity index (χ3n) is 8.17. The molecule has 0 aliphatic heterocycles. The summed E-state index contributed by atoms with van der Waals surface area (Å²) in [7, 11) is 0. The van der Waals surface area contributed by atoms with Gasteiger partial charge in [0.2, 0.25) is 0 Å². The number of hydrogen-bond acceptors (Lipinski definition) is 4. The number of carbonyl (C=O) groups excluding carboxylic acids is 1. The van der Waals surface area contributed by atoms with E-state index < -0.39 is 6.10 Å².